The van der Waals surface area contributed by atoms with Crippen molar-refractivity contribution >= 4 is 0 Å². The maximum absolute atomic E-state index is 9.74. The molecule has 1 aliphatic heterocycles. The van der Waals surface area contributed by atoms with Gasteiger partial charge in [-0.2, -0.15) is 0 Å². The van der Waals surface area contributed by atoms with Crippen molar-refractivity contribution in [1.29, 1.82) is 0 Å². The van der Waals surface area contributed by atoms with Gasteiger partial charge in [0.05, 0.1) is 19.3 Å². The third-order valence-electron chi connectivity index (χ3n) is 4.59. The van der Waals surface area contributed by atoms with Gasteiger partial charge in [-0.15, -0.1) is 0 Å². The lowest BCUT2D eigenvalue weighted by Gasteiger charge is -2.51. The summed E-state index contributed by atoms with van der Waals surface area (Å²) >= 11 is 0. The number of hydrogen-bond acceptors (Lipinski definition) is 3. The highest BCUT2D eigenvalue weighted by molar-refractivity contribution is 5.25. The molecular weight excluding hydrogens is 204 g/mol. The lowest BCUT2D eigenvalue weighted by Crippen LogP contribution is -2.52. The van der Waals surface area contributed by atoms with E-state index in [1.54, 1.807) is 0 Å². The minimum Gasteiger partial charge on any atom is -0.389 e. The van der Waals surface area contributed by atoms with E-state index in [1.165, 1.54) is 5.57 Å². The van der Waals surface area contributed by atoms with Crippen molar-refractivity contribution in [2.24, 2.45) is 5.41 Å². The molecule has 2 atom stereocenters. The van der Waals surface area contributed by atoms with E-state index < -0.39 is 5.79 Å². The van der Waals surface area contributed by atoms with Gasteiger partial charge in [0.25, 0.3) is 0 Å². The molecule has 0 aromatic rings. The Morgan fingerprint density at radius 1 is 1.31 bits per heavy atom. The van der Waals surface area contributed by atoms with Crippen molar-refractivity contribution in [3.8, 4) is 0 Å². The van der Waals surface area contributed by atoms with Crippen LogP contribution in [0.1, 0.15) is 39.0 Å². The molecule has 3 heteroatoms. The second-order valence-electron chi connectivity index (χ2n) is 5.43. The standard InChI is InChI=1S/C13H20O3/c1-12-6-4-11(14)9-10(12)3-2-5-13(12)15-7-8-16-13/h9,11,14H,2-8H2,1H3/t11?,12-/m0/s1. The molecule has 0 radical (unpaired) electrons. The first-order chi connectivity index (χ1) is 7.66. The number of ether oxygens (including phenoxy) is 2. The summed E-state index contributed by atoms with van der Waals surface area (Å²) in [4.78, 5) is 0. The molecule has 0 aromatic carbocycles. The lowest BCUT2D eigenvalue weighted by atomic mass is 9.62. The summed E-state index contributed by atoms with van der Waals surface area (Å²) in [7, 11) is 0. The van der Waals surface area contributed by atoms with E-state index in [-0.39, 0.29) is 11.5 Å². The molecule has 1 saturated carbocycles. The molecule has 1 spiro atoms. The van der Waals surface area contributed by atoms with Crippen LogP contribution in [0.5, 0.6) is 0 Å². The van der Waals surface area contributed by atoms with E-state index in [1.807, 2.05) is 6.08 Å². The Balaban J connectivity index is 2.00. The largest absolute Gasteiger partial charge is 0.389 e. The summed E-state index contributed by atoms with van der Waals surface area (Å²) in [6, 6.07) is 0. The van der Waals surface area contributed by atoms with Crippen LogP contribution in [0.15, 0.2) is 11.6 Å². The summed E-state index contributed by atoms with van der Waals surface area (Å²) < 4.78 is 11.9. The summed E-state index contributed by atoms with van der Waals surface area (Å²) in [5.74, 6) is -0.392. The van der Waals surface area contributed by atoms with Crippen molar-refractivity contribution in [3.05, 3.63) is 11.6 Å². The Morgan fingerprint density at radius 3 is 2.81 bits per heavy atom. The zero-order valence-electron chi connectivity index (χ0n) is 9.87. The molecule has 3 rings (SSSR count). The average molecular weight is 224 g/mol. The number of aliphatic hydroxyl groups excluding tert-OH is 1. The Kier molecular flexibility index (Phi) is 2.39. The molecule has 3 nitrogen and oxygen atoms in total. The van der Waals surface area contributed by atoms with Gasteiger partial charge in [0.15, 0.2) is 5.79 Å². The van der Waals surface area contributed by atoms with Crippen LogP contribution in [0, 0.1) is 5.41 Å². The summed E-state index contributed by atoms with van der Waals surface area (Å²) in [6.45, 7) is 3.67. The van der Waals surface area contributed by atoms with Crippen LogP contribution in [-0.2, 0) is 9.47 Å². The van der Waals surface area contributed by atoms with Crippen molar-refractivity contribution in [1.82, 2.24) is 0 Å². The number of rotatable bonds is 0. The minimum absolute atomic E-state index is 0.0129. The van der Waals surface area contributed by atoms with Crippen LogP contribution in [0.2, 0.25) is 0 Å². The van der Waals surface area contributed by atoms with Crippen molar-refractivity contribution in [2.75, 3.05) is 13.2 Å². The average Bonchev–Trinajstić information content (AvgIpc) is 2.72. The van der Waals surface area contributed by atoms with Gasteiger partial charge in [0.2, 0.25) is 0 Å². The van der Waals surface area contributed by atoms with E-state index in [2.05, 4.69) is 6.92 Å². The van der Waals surface area contributed by atoms with Gasteiger partial charge in [0.1, 0.15) is 0 Å². The second-order valence-corrected chi connectivity index (χ2v) is 5.43. The highest BCUT2D eigenvalue weighted by Crippen LogP contribution is 2.56. The van der Waals surface area contributed by atoms with E-state index in [4.69, 9.17) is 9.47 Å². The van der Waals surface area contributed by atoms with Crippen molar-refractivity contribution in [2.45, 2.75) is 50.9 Å². The fraction of sp³-hybridized carbons (Fsp3) is 0.846. The molecule has 90 valence electrons. The zero-order valence-corrected chi connectivity index (χ0v) is 9.87. The topological polar surface area (TPSA) is 38.7 Å². The monoisotopic (exact) mass is 224 g/mol. The van der Waals surface area contributed by atoms with E-state index in [9.17, 15) is 5.11 Å². The number of fused-ring (bicyclic) bond motifs is 2. The number of aliphatic hydroxyl groups is 1. The molecule has 16 heavy (non-hydrogen) atoms. The van der Waals surface area contributed by atoms with E-state index in [0.717, 1.165) is 32.1 Å². The van der Waals surface area contributed by atoms with Crippen LogP contribution in [0.4, 0.5) is 0 Å². The zero-order chi connectivity index (χ0) is 11.2. The fourth-order valence-electron chi connectivity index (χ4n) is 3.60. The van der Waals surface area contributed by atoms with Crippen LogP contribution in [0.3, 0.4) is 0 Å². The van der Waals surface area contributed by atoms with Gasteiger partial charge in [-0.3, -0.25) is 0 Å². The fourth-order valence-corrected chi connectivity index (χ4v) is 3.60. The lowest BCUT2D eigenvalue weighted by molar-refractivity contribution is -0.238. The second kappa shape index (κ2) is 3.56. The molecule has 1 saturated heterocycles. The molecule has 2 fully saturated rings. The quantitative estimate of drug-likeness (QED) is 0.640. The van der Waals surface area contributed by atoms with Gasteiger partial charge in [-0.1, -0.05) is 18.6 Å². The Hall–Kier alpha value is -0.380. The summed E-state index contributed by atoms with van der Waals surface area (Å²) in [5, 5.41) is 9.74. The van der Waals surface area contributed by atoms with Gasteiger partial charge < -0.3 is 14.6 Å². The van der Waals surface area contributed by atoms with Gasteiger partial charge in [-0.25, -0.2) is 0 Å². The summed E-state index contributed by atoms with van der Waals surface area (Å²) in [5.41, 5.74) is 1.33. The van der Waals surface area contributed by atoms with Crippen LogP contribution >= 0.6 is 0 Å². The predicted molar refractivity (Wildman–Crippen MR) is 59.9 cm³/mol. The summed E-state index contributed by atoms with van der Waals surface area (Å²) in [6.07, 6.45) is 6.76. The maximum Gasteiger partial charge on any atom is 0.177 e. The van der Waals surface area contributed by atoms with Gasteiger partial charge in [0, 0.05) is 11.8 Å². The Labute approximate surface area is 96.4 Å². The van der Waals surface area contributed by atoms with Crippen LogP contribution in [-0.4, -0.2) is 30.2 Å². The van der Waals surface area contributed by atoms with Gasteiger partial charge in [-0.05, 0) is 25.7 Å². The predicted octanol–water partition coefficient (Wildman–Crippen LogP) is 2.00. The third kappa shape index (κ3) is 1.31. The molecule has 3 aliphatic rings. The molecule has 0 aromatic heterocycles. The van der Waals surface area contributed by atoms with E-state index >= 15 is 0 Å². The van der Waals surface area contributed by atoms with Crippen molar-refractivity contribution in [3.63, 3.8) is 0 Å². The number of hydrogen-bond donors (Lipinski definition) is 1. The first kappa shape index (κ1) is 10.8. The van der Waals surface area contributed by atoms with E-state index in [0.29, 0.717) is 13.2 Å². The molecule has 1 heterocycles. The molecule has 2 aliphatic carbocycles. The SMILES string of the molecule is C[C@]12CCC(O)C=C1CCCC21OCCO1. The van der Waals surface area contributed by atoms with Crippen molar-refractivity contribution < 1.29 is 14.6 Å². The minimum atomic E-state index is -0.392. The first-order valence-corrected chi connectivity index (χ1v) is 6.33. The van der Waals surface area contributed by atoms with Gasteiger partial charge >= 0.3 is 0 Å². The molecule has 0 amide bonds. The highest BCUT2D eigenvalue weighted by Gasteiger charge is 2.57. The Bertz CT molecular complexity index is 317. The first-order valence-electron chi connectivity index (χ1n) is 6.33. The normalized spacial score (nSPS) is 41.9. The molecule has 1 unspecified atom stereocenters. The molecule has 0 bridgehead atoms. The van der Waals surface area contributed by atoms with Crippen LogP contribution in [0.25, 0.3) is 0 Å². The molecular formula is C13H20O3. The molecule has 1 N–H and O–H groups in total. The Morgan fingerprint density at radius 2 is 2.06 bits per heavy atom. The smallest absolute Gasteiger partial charge is 0.177 e. The highest BCUT2D eigenvalue weighted by atomic mass is 16.7. The van der Waals surface area contributed by atoms with Crippen LogP contribution < -0.4 is 0 Å². The third-order valence-corrected chi connectivity index (χ3v) is 4.59. The maximum atomic E-state index is 9.74.